The van der Waals surface area contributed by atoms with Gasteiger partial charge in [0.15, 0.2) is 0 Å². The highest BCUT2D eigenvalue weighted by molar-refractivity contribution is 8.00. The molecule has 1 unspecified atom stereocenters. The van der Waals surface area contributed by atoms with Crippen LogP contribution in [-0.2, 0) is 0 Å². The Bertz CT molecular complexity index is 175. The Balaban J connectivity index is 2.37. The van der Waals surface area contributed by atoms with Crippen LogP contribution in [0.15, 0.2) is 0 Å². The van der Waals surface area contributed by atoms with Gasteiger partial charge in [-0.2, -0.15) is 11.8 Å². The monoisotopic (exact) mass is 202 g/mol. The molecule has 0 aliphatic carbocycles. The van der Waals surface area contributed by atoms with Crippen molar-refractivity contribution in [1.82, 2.24) is 10.2 Å². The highest BCUT2D eigenvalue weighted by atomic mass is 32.2. The highest BCUT2D eigenvalue weighted by Gasteiger charge is 2.21. The van der Waals surface area contributed by atoms with E-state index in [2.05, 4.69) is 12.2 Å². The van der Waals surface area contributed by atoms with Crippen molar-refractivity contribution in [3.05, 3.63) is 0 Å². The fourth-order valence-corrected chi connectivity index (χ4v) is 2.59. The van der Waals surface area contributed by atoms with E-state index in [1.807, 2.05) is 23.6 Å². The van der Waals surface area contributed by atoms with Crippen molar-refractivity contribution in [1.29, 1.82) is 0 Å². The van der Waals surface area contributed by atoms with E-state index in [0.29, 0.717) is 5.25 Å². The predicted octanol–water partition coefficient (Wildman–Crippen LogP) is 1.54. The molecule has 0 bridgehead atoms. The molecule has 1 aliphatic heterocycles. The molecular formula is C9H18N2OS. The van der Waals surface area contributed by atoms with Gasteiger partial charge in [-0.1, -0.05) is 6.92 Å². The summed E-state index contributed by atoms with van der Waals surface area (Å²) >= 11 is 1.98. The fraction of sp³-hybridized carbons (Fsp3) is 0.889. The minimum atomic E-state index is 0.0984. The van der Waals surface area contributed by atoms with Crippen LogP contribution in [0, 0.1) is 0 Å². The van der Waals surface area contributed by atoms with Crippen molar-refractivity contribution in [3.8, 4) is 0 Å². The molecule has 0 aromatic heterocycles. The first kappa shape index (κ1) is 10.7. The van der Waals surface area contributed by atoms with Gasteiger partial charge in [0, 0.05) is 30.6 Å². The van der Waals surface area contributed by atoms with Crippen LogP contribution in [0.25, 0.3) is 0 Å². The van der Waals surface area contributed by atoms with Crippen LogP contribution in [0.5, 0.6) is 0 Å². The molecule has 76 valence electrons. The van der Waals surface area contributed by atoms with E-state index in [1.165, 1.54) is 0 Å². The second-order valence-electron chi connectivity index (χ2n) is 3.18. The van der Waals surface area contributed by atoms with Gasteiger partial charge in [0.2, 0.25) is 0 Å². The third kappa shape index (κ3) is 3.10. The highest BCUT2D eigenvalue weighted by Crippen LogP contribution is 2.20. The molecule has 0 aromatic rings. The van der Waals surface area contributed by atoms with Gasteiger partial charge in [-0.25, -0.2) is 4.79 Å². The first-order valence-corrected chi connectivity index (χ1v) is 5.97. The maximum Gasteiger partial charge on any atom is 0.317 e. The average molecular weight is 202 g/mol. The largest absolute Gasteiger partial charge is 0.338 e. The molecule has 0 saturated carbocycles. The standard InChI is InChI=1S/C9H18N2OS/c1-3-8-7-11(5-6-13-8)9(12)10-4-2/h8H,3-7H2,1-2H3,(H,10,12). The number of carbonyl (C=O) groups is 1. The first-order valence-electron chi connectivity index (χ1n) is 4.92. The molecule has 1 N–H and O–H groups in total. The second kappa shape index (κ2) is 5.37. The van der Waals surface area contributed by atoms with Gasteiger partial charge in [-0.15, -0.1) is 0 Å². The van der Waals surface area contributed by atoms with Crippen LogP contribution in [0.4, 0.5) is 4.79 Å². The van der Waals surface area contributed by atoms with E-state index in [-0.39, 0.29) is 6.03 Å². The van der Waals surface area contributed by atoms with Crippen LogP contribution >= 0.6 is 11.8 Å². The summed E-state index contributed by atoms with van der Waals surface area (Å²) in [6.45, 7) is 6.66. The summed E-state index contributed by atoms with van der Waals surface area (Å²) in [7, 11) is 0. The number of rotatable bonds is 2. The summed E-state index contributed by atoms with van der Waals surface area (Å²) in [5.74, 6) is 1.08. The van der Waals surface area contributed by atoms with E-state index in [0.717, 1.165) is 31.8 Å². The molecule has 0 aromatic carbocycles. The summed E-state index contributed by atoms with van der Waals surface area (Å²) < 4.78 is 0. The van der Waals surface area contributed by atoms with Gasteiger partial charge in [-0.05, 0) is 13.3 Å². The van der Waals surface area contributed by atoms with E-state index in [9.17, 15) is 4.79 Å². The van der Waals surface area contributed by atoms with E-state index in [4.69, 9.17) is 0 Å². The molecule has 13 heavy (non-hydrogen) atoms. The van der Waals surface area contributed by atoms with E-state index in [1.54, 1.807) is 0 Å². The van der Waals surface area contributed by atoms with Crippen molar-refractivity contribution in [2.75, 3.05) is 25.4 Å². The Morgan fingerprint density at radius 2 is 2.38 bits per heavy atom. The van der Waals surface area contributed by atoms with Crippen LogP contribution < -0.4 is 5.32 Å². The zero-order valence-electron chi connectivity index (χ0n) is 8.38. The van der Waals surface area contributed by atoms with Gasteiger partial charge in [-0.3, -0.25) is 0 Å². The lowest BCUT2D eigenvalue weighted by Gasteiger charge is -2.31. The molecule has 1 aliphatic rings. The number of nitrogens with zero attached hydrogens (tertiary/aromatic N) is 1. The number of urea groups is 1. The second-order valence-corrected chi connectivity index (χ2v) is 4.59. The van der Waals surface area contributed by atoms with Crippen LogP contribution in [-0.4, -0.2) is 41.6 Å². The predicted molar refractivity (Wildman–Crippen MR) is 57.2 cm³/mol. The maximum absolute atomic E-state index is 11.5. The molecule has 3 nitrogen and oxygen atoms in total. The Morgan fingerprint density at radius 1 is 1.62 bits per heavy atom. The minimum Gasteiger partial charge on any atom is -0.338 e. The van der Waals surface area contributed by atoms with Gasteiger partial charge in [0.1, 0.15) is 0 Å². The first-order chi connectivity index (χ1) is 6.27. The van der Waals surface area contributed by atoms with Crippen LogP contribution in [0.3, 0.4) is 0 Å². The minimum absolute atomic E-state index is 0.0984. The summed E-state index contributed by atoms with van der Waals surface area (Å²) in [5, 5.41) is 3.47. The van der Waals surface area contributed by atoms with Crippen molar-refractivity contribution >= 4 is 17.8 Å². The molecule has 1 heterocycles. The lowest BCUT2D eigenvalue weighted by Crippen LogP contribution is -2.46. The lowest BCUT2D eigenvalue weighted by atomic mass is 10.3. The van der Waals surface area contributed by atoms with Crippen molar-refractivity contribution < 1.29 is 4.79 Å². The quantitative estimate of drug-likeness (QED) is 0.736. The maximum atomic E-state index is 11.5. The summed E-state index contributed by atoms with van der Waals surface area (Å²) in [6.07, 6.45) is 1.15. The third-order valence-corrected chi connectivity index (χ3v) is 3.58. The molecule has 0 radical (unpaired) electrons. The van der Waals surface area contributed by atoms with Crippen molar-refractivity contribution in [2.24, 2.45) is 0 Å². The van der Waals surface area contributed by atoms with Crippen LogP contribution in [0.1, 0.15) is 20.3 Å². The molecule has 2 amide bonds. The SMILES string of the molecule is CCNC(=O)N1CCSC(CC)C1. The zero-order valence-corrected chi connectivity index (χ0v) is 9.19. The van der Waals surface area contributed by atoms with Gasteiger partial charge >= 0.3 is 6.03 Å². The number of thioether (sulfide) groups is 1. The number of hydrogen-bond donors (Lipinski definition) is 1. The fourth-order valence-electron chi connectivity index (χ4n) is 1.41. The number of amides is 2. The Labute approximate surface area is 84.2 Å². The number of hydrogen-bond acceptors (Lipinski definition) is 2. The molecule has 1 fully saturated rings. The van der Waals surface area contributed by atoms with Gasteiger partial charge in [0.05, 0.1) is 0 Å². The smallest absolute Gasteiger partial charge is 0.317 e. The van der Waals surface area contributed by atoms with Crippen LogP contribution in [0.2, 0.25) is 0 Å². The van der Waals surface area contributed by atoms with Crippen molar-refractivity contribution in [3.63, 3.8) is 0 Å². The third-order valence-electron chi connectivity index (χ3n) is 2.21. The Hall–Kier alpha value is -0.380. The van der Waals surface area contributed by atoms with E-state index < -0.39 is 0 Å². The van der Waals surface area contributed by atoms with Crippen molar-refractivity contribution in [2.45, 2.75) is 25.5 Å². The summed E-state index contributed by atoms with van der Waals surface area (Å²) in [6, 6.07) is 0.0984. The molecular weight excluding hydrogens is 184 g/mol. The molecule has 0 spiro atoms. The molecule has 1 saturated heterocycles. The topological polar surface area (TPSA) is 32.3 Å². The molecule has 4 heteroatoms. The van der Waals surface area contributed by atoms with E-state index >= 15 is 0 Å². The number of carbonyl (C=O) groups excluding carboxylic acids is 1. The summed E-state index contributed by atoms with van der Waals surface area (Å²) in [5.41, 5.74) is 0. The number of nitrogens with one attached hydrogen (secondary N) is 1. The molecule has 1 rings (SSSR count). The zero-order chi connectivity index (χ0) is 9.68. The molecule has 1 atom stereocenters. The van der Waals surface area contributed by atoms with Gasteiger partial charge in [0.25, 0.3) is 0 Å². The summed E-state index contributed by atoms with van der Waals surface area (Å²) in [4.78, 5) is 13.4. The average Bonchev–Trinajstić information content (AvgIpc) is 2.18. The normalized spacial score (nSPS) is 22.9. The Morgan fingerprint density at radius 3 is 3.00 bits per heavy atom. The van der Waals surface area contributed by atoms with Gasteiger partial charge < -0.3 is 10.2 Å². The lowest BCUT2D eigenvalue weighted by molar-refractivity contribution is 0.200. The Kier molecular flexibility index (Phi) is 4.42.